The molecule has 0 aromatic rings. The Kier molecular flexibility index (Phi) is 11.5. The van der Waals surface area contributed by atoms with Gasteiger partial charge in [-0.3, -0.25) is 4.79 Å². The molecule has 0 aromatic heterocycles. The first-order chi connectivity index (χ1) is 26.9. The number of fused-ring (bicyclic) bond motifs is 7. The number of ether oxygens (including phenoxy) is 4. The number of esters is 1. The fourth-order valence-corrected chi connectivity index (χ4v) is 13.8. The zero-order chi connectivity index (χ0) is 42.9. The van der Waals surface area contributed by atoms with E-state index in [-0.39, 0.29) is 24.2 Å². The number of hydrogen-bond acceptors (Lipinski definition) is 16. The van der Waals surface area contributed by atoms with Crippen molar-refractivity contribution in [1.29, 1.82) is 0 Å². The minimum absolute atomic E-state index is 0.0919. The second-order valence-corrected chi connectivity index (χ2v) is 20.5. The highest BCUT2D eigenvalue weighted by atomic mass is 16.8. The highest BCUT2D eigenvalue weighted by molar-refractivity contribution is 5.79. The van der Waals surface area contributed by atoms with Crippen molar-refractivity contribution in [1.82, 2.24) is 0 Å². The maximum Gasteiger partial charge on any atom is 0.315 e. The van der Waals surface area contributed by atoms with Crippen LogP contribution in [0.1, 0.15) is 93.4 Å². The molecule has 22 atom stereocenters. The SMILES string of the molecule is C[C@@H]1CC[C@]2(C(=O)O[C@@H]3O[C@H](CO)[C@@H](O)[C@H](O)[C@H]3O[C@@H]3O[C@H](CO)[C@@H](O)[C@H](O)[C@H]3O)CC[C@]3(C)C(=CC[C@@H]4[C@@]5(C)[C@H](O)[C@@H](O)[C@H](O)C(C)(C)[C@@H]5CC[C@]43C)[C@@H]2[C@]1(C)O. The maximum atomic E-state index is 15.1. The van der Waals surface area contributed by atoms with E-state index >= 15 is 4.79 Å². The molecule has 2 saturated heterocycles. The standard InChI is InChI=1S/C42H68O16/c1-18-10-13-42(36(53)58-35-30(27(48)25(46)21(17-44)56-35)57-34-28(49)26(47)24(45)20(16-43)55-34)15-14-38(4)19(31(42)41(18,7)54)8-9-23-39(38,5)12-11-22-37(2,3)32(51)29(50)33(52)40(22,23)6/h8,18,20-35,43-52,54H,9-17H2,1-7H3/t18-,20-,21-,22+,23+,24-,25-,26+,27+,28-,29+,30-,31-,32+,33-,34+,35+,38-,39-,40+,41-,42+/m1/s1. The van der Waals surface area contributed by atoms with Crippen molar-refractivity contribution in [2.45, 2.75) is 179 Å². The van der Waals surface area contributed by atoms with Gasteiger partial charge in [0.05, 0.1) is 36.4 Å². The molecule has 7 rings (SSSR count). The van der Waals surface area contributed by atoms with Crippen molar-refractivity contribution in [2.75, 3.05) is 13.2 Å². The molecule has 4 saturated carbocycles. The number of aliphatic hydroxyl groups excluding tert-OH is 10. The maximum absolute atomic E-state index is 15.1. The zero-order valence-electron chi connectivity index (χ0n) is 34.7. The van der Waals surface area contributed by atoms with Gasteiger partial charge >= 0.3 is 5.97 Å². The minimum atomic E-state index is -1.89. The minimum Gasteiger partial charge on any atom is -0.432 e. The van der Waals surface area contributed by atoms with Gasteiger partial charge in [0.15, 0.2) is 12.4 Å². The molecule has 0 aromatic carbocycles. The molecule has 58 heavy (non-hydrogen) atoms. The molecule has 0 spiro atoms. The first-order valence-corrected chi connectivity index (χ1v) is 21.2. The van der Waals surface area contributed by atoms with Crippen LogP contribution >= 0.6 is 0 Å². The molecule has 6 fully saturated rings. The van der Waals surface area contributed by atoms with E-state index in [0.717, 1.165) is 12.0 Å². The van der Waals surface area contributed by atoms with Gasteiger partial charge in [-0.1, -0.05) is 53.2 Å². The van der Waals surface area contributed by atoms with Crippen LogP contribution in [0, 0.1) is 50.7 Å². The first kappa shape index (κ1) is 44.7. The molecule has 16 nitrogen and oxygen atoms in total. The number of carbonyl (C=O) groups is 1. The lowest BCUT2D eigenvalue weighted by molar-refractivity contribution is -0.364. The molecular formula is C42H68O16. The first-order valence-electron chi connectivity index (χ1n) is 21.2. The summed E-state index contributed by atoms with van der Waals surface area (Å²) < 4.78 is 23.4. The largest absolute Gasteiger partial charge is 0.432 e. The number of rotatable bonds is 6. The van der Waals surface area contributed by atoms with E-state index in [0.29, 0.717) is 32.1 Å². The summed E-state index contributed by atoms with van der Waals surface area (Å²) in [7, 11) is 0. The topological polar surface area (TPSA) is 277 Å². The average Bonchev–Trinajstić information content (AvgIpc) is 3.17. The van der Waals surface area contributed by atoms with E-state index in [1.165, 1.54) is 0 Å². The smallest absolute Gasteiger partial charge is 0.315 e. The van der Waals surface area contributed by atoms with E-state index in [1.807, 2.05) is 27.7 Å². The van der Waals surface area contributed by atoms with E-state index in [4.69, 9.17) is 18.9 Å². The van der Waals surface area contributed by atoms with Crippen molar-refractivity contribution >= 4 is 5.97 Å². The van der Waals surface area contributed by atoms with Crippen molar-refractivity contribution < 1.29 is 79.9 Å². The number of hydrogen-bond donors (Lipinski definition) is 11. The Hall–Kier alpha value is -1.35. The van der Waals surface area contributed by atoms with Crippen LogP contribution in [0.25, 0.3) is 0 Å². The van der Waals surface area contributed by atoms with Crippen LogP contribution in [-0.2, 0) is 23.7 Å². The second-order valence-electron chi connectivity index (χ2n) is 20.5. The summed E-state index contributed by atoms with van der Waals surface area (Å²) in [6.07, 6.45) is -15.1. The number of aliphatic hydroxyl groups is 11. The molecule has 7 aliphatic rings. The molecule has 0 amide bonds. The molecule has 2 aliphatic heterocycles. The molecule has 5 aliphatic carbocycles. The summed E-state index contributed by atoms with van der Waals surface area (Å²) in [4.78, 5) is 15.1. The molecule has 0 bridgehead atoms. The van der Waals surface area contributed by atoms with Gasteiger partial charge in [-0.25, -0.2) is 0 Å². The Labute approximate surface area is 339 Å². The van der Waals surface area contributed by atoms with Crippen LogP contribution < -0.4 is 0 Å². The summed E-state index contributed by atoms with van der Waals surface area (Å²) in [6, 6.07) is 0. The van der Waals surface area contributed by atoms with E-state index in [2.05, 4.69) is 19.9 Å². The van der Waals surface area contributed by atoms with Crippen molar-refractivity contribution in [3.05, 3.63) is 11.6 Å². The number of carbonyl (C=O) groups excluding carboxylic acids is 1. The van der Waals surface area contributed by atoms with Gasteiger partial charge in [-0.2, -0.15) is 0 Å². The fraction of sp³-hybridized carbons (Fsp3) is 0.929. The predicted octanol–water partition coefficient (Wildman–Crippen LogP) is -0.771. The monoisotopic (exact) mass is 828 g/mol. The number of allylic oxidation sites excluding steroid dienone is 1. The predicted molar refractivity (Wildman–Crippen MR) is 202 cm³/mol. The Balaban J connectivity index is 1.25. The Morgan fingerprint density at radius 3 is 1.95 bits per heavy atom. The molecule has 11 N–H and O–H groups in total. The van der Waals surface area contributed by atoms with Gasteiger partial charge < -0.3 is 75.1 Å². The van der Waals surface area contributed by atoms with Crippen molar-refractivity contribution in [3.8, 4) is 0 Å². The van der Waals surface area contributed by atoms with E-state index in [9.17, 15) is 56.2 Å². The highest BCUT2D eigenvalue weighted by Gasteiger charge is 2.74. The third-order valence-corrected chi connectivity index (χ3v) is 17.8. The Morgan fingerprint density at radius 1 is 0.724 bits per heavy atom. The van der Waals surface area contributed by atoms with Crippen LogP contribution in [0.3, 0.4) is 0 Å². The summed E-state index contributed by atoms with van der Waals surface area (Å²) in [5, 5.41) is 120. The van der Waals surface area contributed by atoms with Crippen LogP contribution in [0.15, 0.2) is 11.6 Å². The lowest BCUT2D eigenvalue weighted by atomic mass is 9.32. The Morgan fingerprint density at radius 2 is 1.33 bits per heavy atom. The second kappa shape index (κ2) is 14.9. The summed E-state index contributed by atoms with van der Waals surface area (Å²) in [6.45, 7) is 12.5. The molecule has 332 valence electrons. The van der Waals surface area contributed by atoms with E-state index < -0.39 is 138 Å². The van der Waals surface area contributed by atoms with Crippen LogP contribution in [0.5, 0.6) is 0 Å². The van der Waals surface area contributed by atoms with Gasteiger partial charge in [-0.15, -0.1) is 0 Å². The molecule has 2 heterocycles. The van der Waals surface area contributed by atoms with Crippen LogP contribution in [0.2, 0.25) is 0 Å². The van der Waals surface area contributed by atoms with Crippen LogP contribution in [0.4, 0.5) is 0 Å². The Bertz CT molecular complexity index is 1590. The van der Waals surface area contributed by atoms with Gasteiger partial charge in [0.1, 0.15) is 48.8 Å². The lowest BCUT2D eigenvalue weighted by Crippen LogP contribution is -2.72. The van der Waals surface area contributed by atoms with Gasteiger partial charge in [0, 0.05) is 11.3 Å². The van der Waals surface area contributed by atoms with Gasteiger partial charge in [-0.05, 0) is 85.9 Å². The zero-order valence-corrected chi connectivity index (χ0v) is 34.7. The van der Waals surface area contributed by atoms with Crippen molar-refractivity contribution in [3.63, 3.8) is 0 Å². The molecule has 16 heteroatoms. The third kappa shape index (κ3) is 6.02. The summed E-state index contributed by atoms with van der Waals surface area (Å²) in [5.41, 5.74) is -4.28. The highest BCUT2D eigenvalue weighted by Crippen LogP contribution is 2.76. The summed E-state index contributed by atoms with van der Waals surface area (Å²) in [5.74, 6) is -1.96. The summed E-state index contributed by atoms with van der Waals surface area (Å²) >= 11 is 0. The molecular weight excluding hydrogens is 760 g/mol. The molecule has 0 radical (unpaired) electrons. The lowest BCUT2D eigenvalue weighted by Gasteiger charge is -2.72. The normalized spacial score (nSPS) is 56.5. The van der Waals surface area contributed by atoms with E-state index in [1.54, 1.807) is 6.92 Å². The molecule has 0 unspecified atom stereocenters. The van der Waals surface area contributed by atoms with Gasteiger partial charge in [0.25, 0.3) is 0 Å². The van der Waals surface area contributed by atoms with Crippen LogP contribution in [-0.4, -0.2) is 161 Å². The third-order valence-electron chi connectivity index (χ3n) is 17.8. The average molecular weight is 829 g/mol. The quantitative estimate of drug-likeness (QED) is 0.116. The van der Waals surface area contributed by atoms with Crippen molar-refractivity contribution in [2.24, 2.45) is 50.7 Å². The van der Waals surface area contributed by atoms with Gasteiger partial charge in [0.2, 0.25) is 6.29 Å². The fourth-order valence-electron chi connectivity index (χ4n) is 13.8.